The molecule has 0 spiro atoms. The van der Waals surface area contributed by atoms with Gasteiger partial charge in [0.15, 0.2) is 11.5 Å². The van der Waals surface area contributed by atoms with Crippen LogP contribution in [-0.2, 0) is 0 Å². The van der Waals surface area contributed by atoms with Crippen molar-refractivity contribution in [1.29, 1.82) is 0 Å². The minimum atomic E-state index is 0.123. The van der Waals surface area contributed by atoms with Gasteiger partial charge in [0.05, 0.1) is 4.88 Å². The number of nitrogens with zero attached hydrogens (tertiary/aromatic N) is 1. The Labute approximate surface area is 145 Å². The smallest absolute Gasteiger partial charge is 0.264 e. The zero-order chi connectivity index (χ0) is 16.5. The molecule has 4 rings (SSSR count). The van der Waals surface area contributed by atoms with Crippen LogP contribution in [0.25, 0.3) is 10.4 Å². The monoisotopic (exact) mass is 344 g/mol. The molecular weight excluding hydrogens is 324 g/mol. The number of amides is 1. The molecule has 126 valence electrons. The van der Waals surface area contributed by atoms with Crippen molar-refractivity contribution >= 4 is 17.2 Å². The number of nitrogens with one attached hydrogen (secondary N) is 1. The van der Waals surface area contributed by atoms with E-state index >= 15 is 0 Å². The molecule has 5 nitrogen and oxygen atoms in total. The first-order valence-electron chi connectivity index (χ1n) is 8.24. The van der Waals surface area contributed by atoms with E-state index in [0.717, 1.165) is 46.5 Å². The number of benzene rings is 1. The molecule has 0 unspecified atom stereocenters. The molecule has 1 aromatic heterocycles. The summed E-state index contributed by atoms with van der Waals surface area (Å²) in [6.45, 7) is 5.72. The number of carbonyl (C=O) groups is 1. The molecule has 2 aromatic rings. The van der Waals surface area contributed by atoms with E-state index in [0.29, 0.717) is 13.2 Å². The van der Waals surface area contributed by atoms with Gasteiger partial charge in [0.2, 0.25) is 0 Å². The van der Waals surface area contributed by atoms with Crippen LogP contribution in [0.1, 0.15) is 16.6 Å². The molecule has 0 aliphatic carbocycles. The number of ether oxygens (including phenoxy) is 2. The Morgan fingerprint density at radius 2 is 2.04 bits per heavy atom. The summed E-state index contributed by atoms with van der Waals surface area (Å²) in [4.78, 5) is 16.6. The lowest BCUT2D eigenvalue weighted by Crippen LogP contribution is -2.52. The Bertz CT molecular complexity index is 758. The second-order valence-corrected chi connectivity index (χ2v) is 7.16. The van der Waals surface area contributed by atoms with Crippen LogP contribution in [-0.4, -0.2) is 49.7 Å². The predicted molar refractivity (Wildman–Crippen MR) is 94.1 cm³/mol. The molecule has 1 fully saturated rings. The molecule has 2 aliphatic rings. The van der Waals surface area contributed by atoms with Gasteiger partial charge in [-0.2, -0.15) is 0 Å². The normalized spacial score (nSPS) is 20.0. The van der Waals surface area contributed by atoms with Crippen LogP contribution < -0.4 is 14.8 Å². The van der Waals surface area contributed by atoms with Crippen molar-refractivity contribution in [3.8, 4) is 21.9 Å². The summed E-state index contributed by atoms with van der Waals surface area (Å²) in [7, 11) is 0. The first-order valence-corrected chi connectivity index (χ1v) is 9.05. The van der Waals surface area contributed by atoms with Crippen LogP contribution >= 0.6 is 11.3 Å². The number of rotatable bonds is 2. The summed E-state index contributed by atoms with van der Waals surface area (Å²) in [5.74, 6) is 1.68. The molecule has 1 N–H and O–H groups in total. The standard InChI is InChI=1S/C18H20N2O3S/c1-12-11-19-6-7-20(12)18(21)17-5-4-16(24-17)13-2-3-14-15(10-13)23-9-8-22-14/h2-5,10,12,19H,6-9,11H2,1H3/t12-/m1/s1. The van der Waals surface area contributed by atoms with Gasteiger partial charge in [-0.3, -0.25) is 4.79 Å². The largest absolute Gasteiger partial charge is 0.486 e. The summed E-state index contributed by atoms with van der Waals surface area (Å²) in [6, 6.07) is 10.1. The molecule has 0 radical (unpaired) electrons. The Morgan fingerprint density at radius 3 is 2.88 bits per heavy atom. The van der Waals surface area contributed by atoms with E-state index in [-0.39, 0.29) is 11.9 Å². The fraction of sp³-hybridized carbons (Fsp3) is 0.389. The van der Waals surface area contributed by atoms with Crippen molar-refractivity contribution in [3.63, 3.8) is 0 Å². The van der Waals surface area contributed by atoms with Gasteiger partial charge in [-0.25, -0.2) is 0 Å². The zero-order valence-electron chi connectivity index (χ0n) is 13.6. The van der Waals surface area contributed by atoms with Gasteiger partial charge in [-0.1, -0.05) is 0 Å². The third-order valence-electron chi connectivity index (χ3n) is 4.41. The molecular formula is C18H20N2O3S. The maximum Gasteiger partial charge on any atom is 0.264 e. The van der Waals surface area contributed by atoms with E-state index in [4.69, 9.17) is 9.47 Å². The van der Waals surface area contributed by atoms with E-state index in [1.807, 2.05) is 35.2 Å². The lowest BCUT2D eigenvalue weighted by molar-refractivity contribution is 0.0661. The molecule has 3 heterocycles. The minimum absolute atomic E-state index is 0.123. The number of hydrogen-bond acceptors (Lipinski definition) is 5. The quantitative estimate of drug-likeness (QED) is 0.910. The molecule has 1 amide bonds. The summed E-state index contributed by atoms with van der Waals surface area (Å²) in [6.07, 6.45) is 0. The summed E-state index contributed by atoms with van der Waals surface area (Å²) in [5, 5.41) is 3.31. The van der Waals surface area contributed by atoms with E-state index < -0.39 is 0 Å². The van der Waals surface area contributed by atoms with Crippen molar-refractivity contribution in [2.24, 2.45) is 0 Å². The number of fused-ring (bicyclic) bond motifs is 1. The van der Waals surface area contributed by atoms with Gasteiger partial charge in [-0.15, -0.1) is 11.3 Å². The lowest BCUT2D eigenvalue weighted by Gasteiger charge is -2.33. The molecule has 0 saturated carbocycles. The van der Waals surface area contributed by atoms with E-state index in [9.17, 15) is 4.79 Å². The highest BCUT2D eigenvalue weighted by molar-refractivity contribution is 7.17. The molecule has 2 aliphatic heterocycles. The highest BCUT2D eigenvalue weighted by atomic mass is 32.1. The molecule has 1 aromatic carbocycles. The number of piperazine rings is 1. The van der Waals surface area contributed by atoms with Gasteiger partial charge in [0.25, 0.3) is 5.91 Å². The second-order valence-electron chi connectivity index (χ2n) is 6.07. The van der Waals surface area contributed by atoms with Crippen LogP contribution in [0.15, 0.2) is 30.3 Å². The molecule has 1 atom stereocenters. The average molecular weight is 344 g/mol. The maximum atomic E-state index is 12.8. The van der Waals surface area contributed by atoms with Crippen molar-refractivity contribution in [2.75, 3.05) is 32.8 Å². The summed E-state index contributed by atoms with van der Waals surface area (Å²) < 4.78 is 11.2. The van der Waals surface area contributed by atoms with E-state index in [1.54, 1.807) is 0 Å². The third-order valence-corrected chi connectivity index (χ3v) is 5.53. The van der Waals surface area contributed by atoms with Crippen molar-refractivity contribution in [1.82, 2.24) is 10.2 Å². The highest BCUT2D eigenvalue weighted by Gasteiger charge is 2.25. The minimum Gasteiger partial charge on any atom is -0.486 e. The van der Waals surface area contributed by atoms with Crippen molar-refractivity contribution in [3.05, 3.63) is 35.2 Å². The number of hydrogen-bond donors (Lipinski definition) is 1. The van der Waals surface area contributed by atoms with Gasteiger partial charge < -0.3 is 19.7 Å². The second kappa shape index (κ2) is 6.45. The van der Waals surface area contributed by atoms with Crippen LogP contribution in [0.2, 0.25) is 0 Å². The van der Waals surface area contributed by atoms with E-state index in [1.165, 1.54) is 11.3 Å². The first-order chi connectivity index (χ1) is 11.7. The first kappa shape index (κ1) is 15.5. The summed E-state index contributed by atoms with van der Waals surface area (Å²) in [5.41, 5.74) is 1.05. The van der Waals surface area contributed by atoms with Crippen LogP contribution in [0, 0.1) is 0 Å². The van der Waals surface area contributed by atoms with Gasteiger partial charge in [0, 0.05) is 30.6 Å². The predicted octanol–water partition coefficient (Wildman–Crippen LogP) is 2.62. The molecule has 6 heteroatoms. The highest BCUT2D eigenvalue weighted by Crippen LogP contribution is 2.37. The fourth-order valence-electron chi connectivity index (χ4n) is 3.09. The Hall–Kier alpha value is -2.05. The topological polar surface area (TPSA) is 50.8 Å². The van der Waals surface area contributed by atoms with Gasteiger partial charge in [0.1, 0.15) is 13.2 Å². The SMILES string of the molecule is C[C@@H]1CNCCN1C(=O)c1ccc(-c2ccc3c(c2)OCCO3)s1. The van der Waals surface area contributed by atoms with Crippen molar-refractivity contribution in [2.45, 2.75) is 13.0 Å². The third kappa shape index (κ3) is 2.87. The van der Waals surface area contributed by atoms with Gasteiger partial charge in [-0.05, 0) is 42.8 Å². The molecule has 24 heavy (non-hydrogen) atoms. The van der Waals surface area contributed by atoms with Crippen LogP contribution in [0.4, 0.5) is 0 Å². The van der Waals surface area contributed by atoms with E-state index in [2.05, 4.69) is 12.2 Å². The lowest BCUT2D eigenvalue weighted by atomic mass is 10.1. The maximum absolute atomic E-state index is 12.8. The Kier molecular flexibility index (Phi) is 4.16. The number of thiophene rings is 1. The molecule has 1 saturated heterocycles. The number of carbonyl (C=O) groups excluding carboxylic acids is 1. The van der Waals surface area contributed by atoms with Crippen LogP contribution in [0.3, 0.4) is 0 Å². The summed E-state index contributed by atoms with van der Waals surface area (Å²) >= 11 is 1.53. The van der Waals surface area contributed by atoms with Crippen LogP contribution in [0.5, 0.6) is 11.5 Å². The average Bonchev–Trinajstić information content (AvgIpc) is 3.11. The zero-order valence-corrected chi connectivity index (χ0v) is 14.4. The van der Waals surface area contributed by atoms with Gasteiger partial charge >= 0.3 is 0 Å². The molecule has 0 bridgehead atoms. The van der Waals surface area contributed by atoms with Crippen molar-refractivity contribution < 1.29 is 14.3 Å². The Morgan fingerprint density at radius 1 is 1.21 bits per heavy atom. The fourth-order valence-corrected chi connectivity index (χ4v) is 4.05. The Balaban J connectivity index is 1.57.